The zero-order chi connectivity index (χ0) is 13.2. The van der Waals surface area contributed by atoms with Crippen LogP contribution in [0, 0.1) is 0 Å². The fourth-order valence-electron chi connectivity index (χ4n) is 2.10. The molecule has 0 fully saturated rings. The van der Waals surface area contributed by atoms with Gasteiger partial charge in [0.2, 0.25) is 6.79 Å². The number of para-hydroxylation sites is 2. The van der Waals surface area contributed by atoms with E-state index in [2.05, 4.69) is 22.3 Å². The normalized spacial score (nSPS) is 12.3. The molecule has 0 radical (unpaired) electrons. The average Bonchev–Trinajstić information content (AvgIpc) is 2.86. The van der Waals surface area contributed by atoms with Gasteiger partial charge in [-0.15, -0.1) is 0 Å². The number of benzene rings is 2. The van der Waals surface area contributed by atoms with Crippen LogP contribution in [0.15, 0.2) is 42.5 Å². The molecule has 4 heteroatoms. The Morgan fingerprint density at radius 2 is 1.79 bits per heavy atom. The maximum atomic E-state index is 5.38. The first-order chi connectivity index (χ1) is 9.24. The summed E-state index contributed by atoms with van der Waals surface area (Å²) in [6.45, 7) is 0.299. The Morgan fingerprint density at radius 1 is 1.00 bits per heavy atom. The second kappa shape index (κ2) is 4.72. The van der Waals surface area contributed by atoms with Crippen LogP contribution >= 0.6 is 0 Å². The SMILES string of the molecule is CN(C)c1ccccc1Nc1ccc2c(c1)OCO2. The van der Waals surface area contributed by atoms with E-state index in [0.717, 1.165) is 28.6 Å². The number of rotatable bonds is 3. The molecule has 0 amide bonds. The third-order valence-electron chi connectivity index (χ3n) is 3.04. The summed E-state index contributed by atoms with van der Waals surface area (Å²) >= 11 is 0. The number of nitrogens with zero attached hydrogens (tertiary/aromatic N) is 1. The van der Waals surface area contributed by atoms with Crippen molar-refractivity contribution in [1.29, 1.82) is 0 Å². The lowest BCUT2D eigenvalue weighted by Gasteiger charge is -2.18. The van der Waals surface area contributed by atoms with Crippen LogP contribution in [0.5, 0.6) is 11.5 Å². The van der Waals surface area contributed by atoms with Gasteiger partial charge in [-0.25, -0.2) is 0 Å². The van der Waals surface area contributed by atoms with Gasteiger partial charge in [-0.3, -0.25) is 0 Å². The average molecular weight is 256 g/mol. The smallest absolute Gasteiger partial charge is 0.231 e. The molecule has 0 atom stereocenters. The number of fused-ring (bicyclic) bond motifs is 1. The Labute approximate surface area is 112 Å². The zero-order valence-electron chi connectivity index (χ0n) is 11.0. The number of nitrogens with one attached hydrogen (secondary N) is 1. The molecule has 1 N–H and O–H groups in total. The Hall–Kier alpha value is -2.36. The Morgan fingerprint density at radius 3 is 2.63 bits per heavy atom. The van der Waals surface area contributed by atoms with E-state index >= 15 is 0 Å². The van der Waals surface area contributed by atoms with Gasteiger partial charge in [0.1, 0.15) is 0 Å². The largest absolute Gasteiger partial charge is 0.454 e. The minimum atomic E-state index is 0.299. The molecule has 0 saturated heterocycles. The molecule has 0 saturated carbocycles. The summed E-state index contributed by atoms with van der Waals surface area (Å²) in [5.41, 5.74) is 3.19. The van der Waals surface area contributed by atoms with Gasteiger partial charge in [0.25, 0.3) is 0 Å². The monoisotopic (exact) mass is 256 g/mol. The predicted octanol–water partition coefficient (Wildman–Crippen LogP) is 3.22. The maximum absolute atomic E-state index is 5.38. The summed E-state index contributed by atoms with van der Waals surface area (Å²) < 4.78 is 10.7. The van der Waals surface area contributed by atoms with Crippen LogP contribution in [0.25, 0.3) is 0 Å². The van der Waals surface area contributed by atoms with Crippen molar-refractivity contribution in [2.45, 2.75) is 0 Å². The minimum Gasteiger partial charge on any atom is -0.454 e. The van der Waals surface area contributed by atoms with Crippen molar-refractivity contribution in [3.8, 4) is 11.5 Å². The lowest BCUT2D eigenvalue weighted by atomic mass is 10.2. The van der Waals surface area contributed by atoms with Crippen molar-refractivity contribution in [3.05, 3.63) is 42.5 Å². The van der Waals surface area contributed by atoms with E-state index in [-0.39, 0.29) is 0 Å². The van der Waals surface area contributed by atoms with Gasteiger partial charge in [0, 0.05) is 25.8 Å². The van der Waals surface area contributed by atoms with Crippen molar-refractivity contribution in [1.82, 2.24) is 0 Å². The zero-order valence-corrected chi connectivity index (χ0v) is 11.0. The molecule has 2 aromatic rings. The molecular weight excluding hydrogens is 240 g/mol. The van der Waals surface area contributed by atoms with Crippen LogP contribution in [0.1, 0.15) is 0 Å². The lowest BCUT2D eigenvalue weighted by Crippen LogP contribution is -2.10. The standard InChI is InChI=1S/C15H16N2O2/c1-17(2)13-6-4-3-5-12(13)16-11-7-8-14-15(9-11)19-10-18-14/h3-9,16H,10H2,1-2H3. The number of hydrogen-bond donors (Lipinski definition) is 1. The lowest BCUT2D eigenvalue weighted by molar-refractivity contribution is 0.174. The first-order valence-electron chi connectivity index (χ1n) is 6.17. The predicted molar refractivity (Wildman–Crippen MR) is 76.6 cm³/mol. The van der Waals surface area contributed by atoms with E-state index in [1.165, 1.54) is 0 Å². The van der Waals surface area contributed by atoms with Gasteiger partial charge in [-0.1, -0.05) is 12.1 Å². The minimum absolute atomic E-state index is 0.299. The molecule has 3 rings (SSSR count). The topological polar surface area (TPSA) is 33.7 Å². The molecule has 1 aliphatic heterocycles. The molecule has 98 valence electrons. The Kier molecular flexibility index (Phi) is 2.91. The molecule has 0 aliphatic carbocycles. The highest BCUT2D eigenvalue weighted by atomic mass is 16.7. The van der Waals surface area contributed by atoms with Crippen molar-refractivity contribution in [3.63, 3.8) is 0 Å². The number of ether oxygens (including phenoxy) is 2. The van der Waals surface area contributed by atoms with Crippen LogP contribution in [-0.2, 0) is 0 Å². The van der Waals surface area contributed by atoms with E-state index in [9.17, 15) is 0 Å². The van der Waals surface area contributed by atoms with Crippen molar-refractivity contribution in [2.24, 2.45) is 0 Å². The van der Waals surface area contributed by atoms with Gasteiger partial charge in [-0.05, 0) is 24.3 Å². The van der Waals surface area contributed by atoms with Crippen molar-refractivity contribution >= 4 is 17.1 Å². The molecule has 0 unspecified atom stereocenters. The summed E-state index contributed by atoms with van der Waals surface area (Å²) in [6.07, 6.45) is 0. The fourth-order valence-corrected chi connectivity index (χ4v) is 2.10. The first-order valence-corrected chi connectivity index (χ1v) is 6.17. The van der Waals surface area contributed by atoms with Gasteiger partial charge in [0.05, 0.1) is 11.4 Å². The van der Waals surface area contributed by atoms with Gasteiger partial charge in [-0.2, -0.15) is 0 Å². The summed E-state index contributed by atoms with van der Waals surface area (Å²) in [6, 6.07) is 14.0. The summed E-state index contributed by atoms with van der Waals surface area (Å²) in [5, 5.41) is 3.41. The van der Waals surface area contributed by atoms with E-state index in [4.69, 9.17) is 9.47 Å². The van der Waals surface area contributed by atoms with Crippen LogP contribution in [0.4, 0.5) is 17.1 Å². The summed E-state index contributed by atoms with van der Waals surface area (Å²) in [7, 11) is 4.06. The highest BCUT2D eigenvalue weighted by molar-refractivity contribution is 5.75. The molecule has 19 heavy (non-hydrogen) atoms. The quantitative estimate of drug-likeness (QED) is 0.914. The third-order valence-corrected chi connectivity index (χ3v) is 3.04. The molecule has 0 spiro atoms. The molecular formula is C15H16N2O2. The third kappa shape index (κ3) is 2.29. The van der Waals surface area contributed by atoms with Crippen LogP contribution in [0.2, 0.25) is 0 Å². The number of hydrogen-bond acceptors (Lipinski definition) is 4. The van der Waals surface area contributed by atoms with Crippen LogP contribution in [-0.4, -0.2) is 20.9 Å². The van der Waals surface area contributed by atoms with E-state index in [0.29, 0.717) is 6.79 Å². The number of anilines is 3. The summed E-state index contributed by atoms with van der Waals surface area (Å²) in [5.74, 6) is 1.58. The van der Waals surface area contributed by atoms with Crippen molar-refractivity contribution < 1.29 is 9.47 Å². The highest BCUT2D eigenvalue weighted by Gasteiger charge is 2.13. The molecule has 0 bridgehead atoms. The van der Waals surface area contributed by atoms with Crippen molar-refractivity contribution in [2.75, 3.05) is 31.1 Å². The molecule has 0 aromatic heterocycles. The van der Waals surface area contributed by atoms with Crippen LogP contribution in [0.3, 0.4) is 0 Å². The highest BCUT2D eigenvalue weighted by Crippen LogP contribution is 2.36. The van der Waals surface area contributed by atoms with Gasteiger partial charge in [0.15, 0.2) is 11.5 Å². The van der Waals surface area contributed by atoms with Crippen LogP contribution < -0.4 is 19.7 Å². The first kappa shape index (κ1) is 11.7. The maximum Gasteiger partial charge on any atom is 0.231 e. The summed E-state index contributed by atoms with van der Waals surface area (Å²) in [4.78, 5) is 2.08. The second-order valence-corrected chi connectivity index (χ2v) is 4.60. The van der Waals surface area contributed by atoms with E-state index < -0.39 is 0 Å². The van der Waals surface area contributed by atoms with Gasteiger partial charge >= 0.3 is 0 Å². The molecule has 4 nitrogen and oxygen atoms in total. The molecule has 1 heterocycles. The Bertz CT molecular complexity index is 596. The fraction of sp³-hybridized carbons (Fsp3) is 0.200. The van der Waals surface area contributed by atoms with Gasteiger partial charge < -0.3 is 19.7 Å². The molecule has 1 aliphatic rings. The molecule has 2 aromatic carbocycles. The Balaban J connectivity index is 1.89. The second-order valence-electron chi connectivity index (χ2n) is 4.60. The van der Waals surface area contributed by atoms with E-state index in [1.807, 2.05) is 44.4 Å². The van der Waals surface area contributed by atoms with E-state index in [1.54, 1.807) is 0 Å².